The summed E-state index contributed by atoms with van der Waals surface area (Å²) < 4.78 is 28.4. The number of halogens is 2. The highest BCUT2D eigenvalue weighted by Crippen LogP contribution is 2.25. The number of benzene rings is 1. The molecule has 0 spiro atoms. The first-order valence-corrected chi connectivity index (χ1v) is 7.28. The molecule has 2 rings (SSSR count). The van der Waals surface area contributed by atoms with E-state index < -0.39 is 23.5 Å². The highest BCUT2D eigenvalue weighted by Gasteiger charge is 2.17. The third-order valence-electron chi connectivity index (χ3n) is 2.95. The summed E-state index contributed by atoms with van der Waals surface area (Å²) >= 11 is 0.781. The van der Waals surface area contributed by atoms with Gasteiger partial charge in [0.1, 0.15) is 5.75 Å². The van der Waals surface area contributed by atoms with Gasteiger partial charge >= 0.3 is 11.6 Å². The SMILES string of the molecule is CC(NC(=O)c1ccc([N+](=O)[O-])s1)c1ccc(OC(F)F)cc1. The molecule has 0 saturated carbocycles. The lowest BCUT2D eigenvalue weighted by Crippen LogP contribution is -2.25. The number of carbonyl (C=O) groups excluding carboxylic acids is 1. The van der Waals surface area contributed by atoms with E-state index >= 15 is 0 Å². The Morgan fingerprint density at radius 2 is 1.91 bits per heavy atom. The van der Waals surface area contributed by atoms with Crippen molar-refractivity contribution >= 4 is 22.2 Å². The van der Waals surface area contributed by atoms with Crippen molar-refractivity contribution < 1.29 is 23.2 Å². The largest absolute Gasteiger partial charge is 0.435 e. The minimum atomic E-state index is -2.90. The molecule has 0 aliphatic carbocycles. The molecule has 122 valence electrons. The molecule has 0 bridgehead atoms. The van der Waals surface area contributed by atoms with Gasteiger partial charge in [0.15, 0.2) is 0 Å². The minimum absolute atomic E-state index is 0.0242. The first-order chi connectivity index (χ1) is 10.9. The van der Waals surface area contributed by atoms with Crippen LogP contribution < -0.4 is 10.1 Å². The van der Waals surface area contributed by atoms with Gasteiger partial charge in [-0.3, -0.25) is 14.9 Å². The van der Waals surface area contributed by atoms with Gasteiger partial charge in [-0.25, -0.2) is 0 Å². The zero-order valence-corrected chi connectivity index (χ0v) is 12.7. The number of alkyl halides is 2. The van der Waals surface area contributed by atoms with Crippen molar-refractivity contribution in [2.45, 2.75) is 19.6 Å². The fraction of sp³-hybridized carbons (Fsp3) is 0.214. The number of nitrogens with zero attached hydrogens (tertiary/aromatic N) is 1. The number of nitrogens with one attached hydrogen (secondary N) is 1. The van der Waals surface area contributed by atoms with Crippen LogP contribution >= 0.6 is 11.3 Å². The van der Waals surface area contributed by atoms with Crippen molar-refractivity contribution in [1.29, 1.82) is 0 Å². The van der Waals surface area contributed by atoms with Crippen molar-refractivity contribution in [3.8, 4) is 5.75 Å². The van der Waals surface area contributed by atoms with E-state index in [1.165, 1.54) is 24.3 Å². The first kappa shape index (κ1) is 16.8. The van der Waals surface area contributed by atoms with Crippen LogP contribution in [0.4, 0.5) is 13.8 Å². The molecule has 0 aliphatic rings. The molecule has 0 fully saturated rings. The lowest BCUT2D eigenvalue weighted by molar-refractivity contribution is -0.380. The summed E-state index contributed by atoms with van der Waals surface area (Å²) in [6.45, 7) is -1.18. The van der Waals surface area contributed by atoms with Crippen LogP contribution in [-0.4, -0.2) is 17.4 Å². The van der Waals surface area contributed by atoms with Crippen LogP contribution in [0.25, 0.3) is 0 Å². The number of nitro groups is 1. The third-order valence-corrected chi connectivity index (χ3v) is 3.98. The number of hydrogen-bond donors (Lipinski definition) is 1. The number of hydrogen-bond acceptors (Lipinski definition) is 5. The molecule has 6 nitrogen and oxygen atoms in total. The van der Waals surface area contributed by atoms with Gasteiger partial charge in [0.05, 0.1) is 15.8 Å². The average Bonchev–Trinajstić information content (AvgIpc) is 2.97. The van der Waals surface area contributed by atoms with Gasteiger partial charge < -0.3 is 10.1 Å². The summed E-state index contributed by atoms with van der Waals surface area (Å²) in [5.74, 6) is -0.417. The van der Waals surface area contributed by atoms with E-state index in [2.05, 4.69) is 10.1 Å². The van der Waals surface area contributed by atoms with Gasteiger partial charge in [-0.15, -0.1) is 0 Å². The number of carbonyl (C=O) groups is 1. The van der Waals surface area contributed by atoms with Crippen LogP contribution in [-0.2, 0) is 0 Å². The standard InChI is InChI=1S/C14H12F2N2O4S/c1-8(9-2-4-10(5-3-9)22-14(15)16)17-13(19)11-6-7-12(23-11)18(20)21/h2-8,14H,1H3,(H,17,19). The van der Waals surface area contributed by atoms with Crippen molar-refractivity contribution in [2.75, 3.05) is 0 Å². The van der Waals surface area contributed by atoms with E-state index in [0.717, 1.165) is 11.3 Å². The third kappa shape index (κ3) is 4.46. The molecular weight excluding hydrogens is 330 g/mol. The van der Waals surface area contributed by atoms with Gasteiger partial charge in [0.2, 0.25) is 0 Å². The molecule has 1 amide bonds. The van der Waals surface area contributed by atoms with E-state index in [4.69, 9.17) is 0 Å². The quantitative estimate of drug-likeness (QED) is 0.640. The van der Waals surface area contributed by atoms with Crippen LogP contribution in [0.3, 0.4) is 0 Å². The van der Waals surface area contributed by atoms with Crippen LogP contribution in [0.15, 0.2) is 36.4 Å². The highest BCUT2D eigenvalue weighted by atomic mass is 32.1. The molecule has 1 unspecified atom stereocenters. The summed E-state index contributed by atoms with van der Waals surface area (Å²) in [5, 5.41) is 13.2. The Hall–Kier alpha value is -2.55. The second-order valence-electron chi connectivity index (χ2n) is 4.54. The minimum Gasteiger partial charge on any atom is -0.435 e. The molecule has 0 aliphatic heterocycles. The lowest BCUT2D eigenvalue weighted by Gasteiger charge is -2.14. The Kier molecular flexibility index (Phi) is 5.22. The first-order valence-electron chi connectivity index (χ1n) is 6.46. The van der Waals surface area contributed by atoms with E-state index in [9.17, 15) is 23.7 Å². The predicted octanol–water partition coefficient (Wildman–Crippen LogP) is 3.75. The van der Waals surface area contributed by atoms with Crippen molar-refractivity contribution in [1.82, 2.24) is 5.32 Å². The van der Waals surface area contributed by atoms with E-state index in [-0.39, 0.29) is 15.6 Å². The summed E-state index contributed by atoms with van der Waals surface area (Å²) in [4.78, 5) is 22.3. The van der Waals surface area contributed by atoms with Crippen LogP contribution in [0.2, 0.25) is 0 Å². The molecule has 1 heterocycles. The van der Waals surface area contributed by atoms with Gasteiger partial charge in [0, 0.05) is 6.07 Å². The molecule has 0 saturated heterocycles. The zero-order valence-electron chi connectivity index (χ0n) is 11.9. The van der Waals surface area contributed by atoms with Crippen molar-refractivity contribution in [2.24, 2.45) is 0 Å². The van der Waals surface area contributed by atoms with E-state index in [1.54, 1.807) is 19.1 Å². The fourth-order valence-corrected chi connectivity index (χ4v) is 2.56. The van der Waals surface area contributed by atoms with E-state index in [0.29, 0.717) is 5.56 Å². The lowest BCUT2D eigenvalue weighted by atomic mass is 10.1. The summed E-state index contributed by atoms with van der Waals surface area (Å²) in [6, 6.07) is 8.11. The van der Waals surface area contributed by atoms with Gasteiger partial charge in [-0.2, -0.15) is 8.78 Å². The smallest absolute Gasteiger partial charge is 0.387 e. The number of rotatable bonds is 6. The molecule has 1 atom stereocenters. The predicted molar refractivity (Wildman–Crippen MR) is 79.9 cm³/mol. The second kappa shape index (κ2) is 7.14. The van der Waals surface area contributed by atoms with Crippen LogP contribution in [0, 0.1) is 10.1 Å². The van der Waals surface area contributed by atoms with Gasteiger partial charge in [-0.1, -0.05) is 23.5 Å². The van der Waals surface area contributed by atoms with E-state index in [1.807, 2.05) is 0 Å². The molecule has 2 aromatic rings. The Labute approximate surface area is 133 Å². The molecule has 1 aromatic carbocycles. The molecule has 9 heteroatoms. The number of amides is 1. The summed E-state index contributed by atoms with van der Waals surface area (Å²) in [5.41, 5.74) is 0.686. The Balaban J connectivity index is 2.01. The topological polar surface area (TPSA) is 81.5 Å². The molecule has 1 aromatic heterocycles. The maximum Gasteiger partial charge on any atom is 0.387 e. The molecule has 0 radical (unpaired) electrons. The second-order valence-corrected chi connectivity index (χ2v) is 5.60. The van der Waals surface area contributed by atoms with Gasteiger partial charge in [-0.05, 0) is 30.7 Å². The Bertz CT molecular complexity index is 703. The van der Waals surface area contributed by atoms with Crippen LogP contribution in [0.5, 0.6) is 5.75 Å². The average molecular weight is 342 g/mol. The molecule has 23 heavy (non-hydrogen) atoms. The number of thiophene rings is 1. The Morgan fingerprint density at radius 1 is 1.26 bits per heavy atom. The normalized spacial score (nSPS) is 12.0. The van der Waals surface area contributed by atoms with Crippen molar-refractivity contribution in [3.63, 3.8) is 0 Å². The maximum atomic E-state index is 12.1. The number of ether oxygens (including phenoxy) is 1. The Morgan fingerprint density at radius 3 is 2.43 bits per heavy atom. The summed E-state index contributed by atoms with van der Waals surface area (Å²) in [6.07, 6.45) is 0. The van der Waals surface area contributed by atoms with Gasteiger partial charge in [0.25, 0.3) is 5.91 Å². The molecular formula is C14H12F2N2O4S. The van der Waals surface area contributed by atoms with Crippen molar-refractivity contribution in [3.05, 3.63) is 57.0 Å². The maximum absolute atomic E-state index is 12.1. The zero-order chi connectivity index (χ0) is 17.0. The molecule has 1 N–H and O–H groups in total. The summed E-state index contributed by atoms with van der Waals surface area (Å²) in [7, 11) is 0. The highest BCUT2D eigenvalue weighted by molar-refractivity contribution is 7.17. The monoisotopic (exact) mass is 342 g/mol. The fourth-order valence-electron chi connectivity index (χ4n) is 1.84. The van der Waals surface area contributed by atoms with Crippen LogP contribution in [0.1, 0.15) is 28.2 Å².